The van der Waals surface area contributed by atoms with E-state index in [-0.39, 0.29) is 12.0 Å². The van der Waals surface area contributed by atoms with Crippen molar-refractivity contribution in [2.45, 2.75) is 6.10 Å². The summed E-state index contributed by atoms with van der Waals surface area (Å²) in [6, 6.07) is 9.98. The summed E-state index contributed by atoms with van der Waals surface area (Å²) in [5, 5.41) is 9.66. The molecule has 2 heterocycles. The van der Waals surface area contributed by atoms with Crippen molar-refractivity contribution in [3.63, 3.8) is 0 Å². The monoisotopic (exact) mass is 347 g/mol. The summed E-state index contributed by atoms with van der Waals surface area (Å²) in [7, 11) is 0. The molecule has 0 bridgehead atoms. The Kier molecular flexibility index (Phi) is 4.37. The number of likely N-dealkylation sites (tertiary alicyclic amines) is 1. The molecule has 5 nitrogen and oxygen atoms in total. The number of aromatic nitrogens is 1. The number of hydrogen-bond donors (Lipinski definition) is 0. The lowest BCUT2D eigenvalue weighted by Gasteiger charge is -2.38. The summed E-state index contributed by atoms with van der Waals surface area (Å²) in [6.07, 6.45) is 1.37. The molecule has 1 saturated heterocycles. The smallest absolute Gasteiger partial charge is 0.255 e. The van der Waals surface area contributed by atoms with E-state index in [1.54, 1.807) is 35.2 Å². The van der Waals surface area contributed by atoms with Crippen LogP contribution < -0.4 is 4.74 Å². The fourth-order valence-electron chi connectivity index (χ4n) is 2.23. The maximum atomic E-state index is 12.3. The van der Waals surface area contributed by atoms with Crippen LogP contribution in [0.1, 0.15) is 15.9 Å². The van der Waals surface area contributed by atoms with Gasteiger partial charge in [0.25, 0.3) is 5.91 Å². The van der Waals surface area contributed by atoms with Crippen molar-refractivity contribution < 1.29 is 9.53 Å². The van der Waals surface area contributed by atoms with E-state index in [2.05, 4.69) is 4.98 Å². The van der Waals surface area contributed by atoms with Crippen molar-refractivity contribution in [1.82, 2.24) is 9.88 Å². The number of amides is 1. The van der Waals surface area contributed by atoms with Gasteiger partial charge in [0, 0.05) is 17.3 Å². The topological polar surface area (TPSA) is 66.2 Å². The quantitative estimate of drug-likeness (QED) is 0.855. The third-order valence-electron chi connectivity index (χ3n) is 3.45. The molecular formula is C16H11Cl2N3O2. The minimum atomic E-state index is -0.162. The van der Waals surface area contributed by atoms with E-state index in [0.29, 0.717) is 40.1 Å². The van der Waals surface area contributed by atoms with Crippen LogP contribution in [-0.2, 0) is 0 Å². The standard InChI is InChI=1S/C16H11Cl2N3O2/c17-11-1-2-13(14(18)6-11)16(22)21-8-12(9-21)23-15-5-10(7-19)3-4-20-15/h1-6,12H,8-9H2. The number of nitrogens with zero attached hydrogens (tertiary/aromatic N) is 3. The summed E-state index contributed by atoms with van der Waals surface area (Å²) < 4.78 is 5.65. The first-order valence-corrected chi connectivity index (χ1v) is 7.59. The normalized spacial score (nSPS) is 14.0. The molecule has 0 radical (unpaired) electrons. The third-order valence-corrected chi connectivity index (χ3v) is 4.00. The number of ether oxygens (including phenoxy) is 1. The first kappa shape index (κ1) is 15.6. The molecule has 0 spiro atoms. The summed E-state index contributed by atoms with van der Waals surface area (Å²) >= 11 is 11.9. The molecule has 7 heteroatoms. The van der Waals surface area contributed by atoms with Gasteiger partial charge in [0.2, 0.25) is 5.88 Å². The van der Waals surface area contributed by atoms with E-state index in [9.17, 15) is 4.79 Å². The Morgan fingerprint density at radius 1 is 1.30 bits per heavy atom. The average molecular weight is 348 g/mol. The fraction of sp³-hybridized carbons (Fsp3) is 0.188. The van der Waals surface area contributed by atoms with Gasteiger partial charge >= 0.3 is 0 Å². The molecule has 1 aliphatic heterocycles. The number of pyridine rings is 1. The minimum absolute atomic E-state index is 0.147. The first-order valence-electron chi connectivity index (χ1n) is 6.84. The lowest BCUT2D eigenvalue weighted by molar-refractivity contribution is 0.0160. The molecule has 0 saturated carbocycles. The molecule has 0 aliphatic carbocycles. The highest BCUT2D eigenvalue weighted by Crippen LogP contribution is 2.25. The minimum Gasteiger partial charge on any atom is -0.471 e. The highest BCUT2D eigenvalue weighted by atomic mass is 35.5. The fourth-order valence-corrected chi connectivity index (χ4v) is 2.72. The zero-order valence-corrected chi connectivity index (χ0v) is 13.4. The molecule has 0 N–H and O–H groups in total. The predicted molar refractivity (Wildman–Crippen MR) is 85.7 cm³/mol. The molecule has 1 fully saturated rings. The first-order chi connectivity index (χ1) is 11.1. The van der Waals surface area contributed by atoms with Crippen molar-refractivity contribution in [3.8, 4) is 11.9 Å². The Morgan fingerprint density at radius 3 is 2.78 bits per heavy atom. The Labute approximate surface area is 143 Å². The van der Waals surface area contributed by atoms with Crippen LogP contribution >= 0.6 is 23.2 Å². The molecule has 116 valence electrons. The van der Waals surface area contributed by atoms with Gasteiger partial charge in [-0.25, -0.2) is 4.98 Å². The van der Waals surface area contributed by atoms with Gasteiger partial charge in [-0.1, -0.05) is 23.2 Å². The maximum Gasteiger partial charge on any atom is 0.255 e. The van der Waals surface area contributed by atoms with E-state index in [1.807, 2.05) is 6.07 Å². The number of rotatable bonds is 3. The van der Waals surface area contributed by atoms with Crippen LogP contribution in [0.2, 0.25) is 10.0 Å². The van der Waals surface area contributed by atoms with Crippen LogP contribution in [0.15, 0.2) is 36.5 Å². The number of benzene rings is 1. The van der Waals surface area contributed by atoms with Crippen LogP contribution in [0.4, 0.5) is 0 Å². The molecule has 1 amide bonds. The van der Waals surface area contributed by atoms with Gasteiger partial charge in [0.05, 0.1) is 35.3 Å². The van der Waals surface area contributed by atoms with Crippen LogP contribution in [-0.4, -0.2) is 35.0 Å². The van der Waals surface area contributed by atoms with Crippen LogP contribution in [0.3, 0.4) is 0 Å². The zero-order chi connectivity index (χ0) is 16.4. The van der Waals surface area contributed by atoms with Crippen LogP contribution in [0.5, 0.6) is 5.88 Å². The maximum absolute atomic E-state index is 12.3. The molecule has 1 aromatic heterocycles. The highest BCUT2D eigenvalue weighted by molar-refractivity contribution is 6.36. The van der Waals surface area contributed by atoms with Gasteiger partial charge in [-0.15, -0.1) is 0 Å². The van der Waals surface area contributed by atoms with Crippen molar-refractivity contribution in [3.05, 3.63) is 57.7 Å². The Bertz CT molecular complexity index is 798. The van der Waals surface area contributed by atoms with E-state index in [4.69, 9.17) is 33.2 Å². The molecule has 23 heavy (non-hydrogen) atoms. The van der Waals surface area contributed by atoms with E-state index in [0.717, 1.165) is 0 Å². The van der Waals surface area contributed by atoms with E-state index in [1.165, 1.54) is 6.20 Å². The van der Waals surface area contributed by atoms with Gasteiger partial charge in [-0.2, -0.15) is 5.26 Å². The summed E-state index contributed by atoms with van der Waals surface area (Å²) in [5.41, 5.74) is 0.898. The summed E-state index contributed by atoms with van der Waals surface area (Å²) in [4.78, 5) is 18.0. The third kappa shape index (κ3) is 3.39. The van der Waals surface area contributed by atoms with Gasteiger partial charge in [-0.05, 0) is 24.3 Å². The molecule has 1 aromatic carbocycles. The molecule has 1 aliphatic rings. The lowest BCUT2D eigenvalue weighted by Crippen LogP contribution is -2.56. The van der Waals surface area contributed by atoms with E-state index < -0.39 is 0 Å². The molecule has 2 aromatic rings. The second-order valence-electron chi connectivity index (χ2n) is 5.07. The van der Waals surface area contributed by atoms with Crippen LogP contribution in [0.25, 0.3) is 0 Å². The SMILES string of the molecule is N#Cc1ccnc(OC2CN(C(=O)c3ccc(Cl)cc3Cl)C2)c1. The molecule has 0 atom stereocenters. The molecule has 3 rings (SSSR count). The highest BCUT2D eigenvalue weighted by Gasteiger charge is 2.33. The van der Waals surface area contributed by atoms with Gasteiger partial charge < -0.3 is 9.64 Å². The zero-order valence-electron chi connectivity index (χ0n) is 11.9. The second-order valence-corrected chi connectivity index (χ2v) is 5.91. The Balaban J connectivity index is 1.60. The predicted octanol–water partition coefficient (Wildman–Crippen LogP) is 3.16. The number of hydrogen-bond acceptors (Lipinski definition) is 4. The van der Waals surface area contributed by atoms with Gasteiger partial charge in [-0.3, -0.25) is 4.79 Å². The second kappa shape index (κ2) is 6.45. The van der Waals surface area contributed by atoms with Gasteiger partial charge in [0.1, 0.15) is 6.10 Å². The summed E-state index contributed by atoms with van der Waals surface area (Å²) in [5.74, 6) is 0.218. The largest absolute Gasteiger partial charge is 0.471 e. The summed E-state index contributed by atoms with van der Waals surface area (Å²) in [6.45, 7) is 0.881. The number of halogens is 2. The van der Waals surface area contributed by atoms with Crippen molar-refractivity contribution in [2.24, 2.45) is 0 Å². The molecular weight excluding hydrogens is 337 g/mol. The average Bonchev–Trinajstić information content (AvgIpc) is 2.50. The Hall–Kier alpha value is -2.29. The van der Waals surface area contributed by atoms with Crippen LogP contribution in [0, 0.1) is 11.3 Å². The number of nitriles is 1. The van der Waals surface area contributed by atoms with Gasteiger partial charge in [0.15, 0.2) is 0 Å². The lowest BCUT2D eigenvalue weighted by atomic mass is 10.1. The van der Waals surface area contributed by atoms with Crippen molar-refractivity contribution in [1.29, 1.82) is 5.26 Å². The van der Waals surface area contributed by atoms with E-state index >= 15 is 0 Å². The number of carbonyl (C=O) groups is 1. The number of carbonyl (C=O) groups excluding carboxylic acids is 1. The van der Waals surface area contributed by atoms with Crippen molar-refractivity contribution >= 4 is 29.1 Å². The van der Waals surface area contributed by atoms with Crippen molar-refractivity contribution in [2.75, 3.05) is 13.1 Å². The Morgan fingerprint density at radius 2 is 2.09 bits per heavy atom. The molecule has 0 unspecified atom stereocenters.